The highest BCUT2D eigenvalue weighted by Crippen LogP contribution is 2.51. The number of hydrogen-bond acceptors (Lipinski definition) is 6. The molecule has 1 saturated carbocycles. The average molecular weight is 388 g/mol. The van der Waals surface area contributed by atoms with Crippen LogP contribution in [0.25, 0.3) is 0 Å². The molecule has 0 spiro atoms. The molecule has 28 heavy (non-hydrogen) atoms. The van der Waals surface area contributed by atoms with Crippen molar-refractivity contribution in [1.29, 1.82) is 0 Å². The van der Waals surface area contributed by atoms with E-state index in [1.165, 1.54) is 6.92 Å². The molecule has 1 saturated heterocycles. The Kier molecular flexibility index (Phi) is 5.77. The minimum Gasteiger partial charge on any atom is -0.461 e. The summed E-state index contributed by atoms with van der Waals surface area (Å²) < 4.78 is 16.7. The lowest BCUT2D eigenvalue weighted by molar-refractivity contribution is -0.151. The second-order valence-electron chi connectivity index (χ2n) is 7.94. The molecule has 6 heteroatoms. The summed E-state index contributed by atoms with van der Waals surface area (Å²) in [4.78, 5) is 35.8. The van der Waals surface area contributed by atoms with Crippen molar-refractivity contribution in [2.24, 2.45) is 17.8 Å². The Labute approximate surface area is 165 Å². The van der Waals surface area contributed by atoms with Crippen molar-refractivity contribution in [3.05, 3.63) is 35.5 Å². The summed E-state index contributed by atoms with van der Waals surface area (Å²) in [5.41, 5.74) is 3.24. The van der Waals surface area contributed by atoms with Gasteiger partial charge in [-0.05, 0) is 30.4 Å². The van der Waals surface area contributed by atoms with Gasteiger partial charge in [-0.3, -0.25) is 9.59 Å². The van der Waals surface area contributed by atoms with E-state index >= 15 is 0 Å². The molecule has 0 radical (unpaired) electrons. The summed E-state index contributed by atoms with van der Waals surface area (Å²) in [6.45, 7) is 13.5. The maximum atomic E-state index is 12.3. The van der Waals surface area contributed by atoms with E-state index in [0.717, 1.165) is 16.7 Å². The Morgan fingerprint density at radius 3 is 2.68 bits per heavy atom. The second-order valence-corrected chi connectivity index (χ2v) is 7.94. The Balaban J connectivity index is 1.92. The van der Waals surface area contributed by atoms with Gasteiger partial charge in [-0.1, -0.05) is 32.6 Å². The predicted octanol–water partition coefficient (Wildman–Crippen LogP) is 3.27. The van der Waals surface area contributed by atoms with Crippen molar-refractivity contribution in [1.82, 2.24) is 0 Å². The monoisotopic (exact) mass is 388 g/mol. The first-order valence-electron chi connectivity index (χ1n) is 9.87. The highest BCUT2D eigenvalue weighted by atomic mass is 16.6. The van der Waals surface area contributed by atoms with Crippen LogP contribution in [0.15, 0.2) is 35.5 Å². The van der Waals surface area contributed by atoms with Gasteiger partial charge in [0.2, 0.25) is 0 Å². The highest BCUT2D eigenvalue weighted by molar-refractivity contribution is 5.91. The minimum absolute atomic E-state index is 0.108. The molecule has 0 bridgehead atoms. The molecule has 3 rings (SSSR count). The van der Waals surface area contributed by atoms with E-state index in [9.17, 15) is 14.4 Å². The van der Waals surface area contributed by atoms with Crippen LogP contribution in [0.5, 0.6) is 0 Å². The van der Waals surface area contributed by atoms with Crippen LogP contribution in [0.2, 0.25) is 0 Å². The molecule has 6 nitrogen and oxygen atoms in total. The van der Waals surface area contributed by atoms with E-state index in [-0.39, 0.29) is 48.4 Å². The van der Waals surface area contributed by atoms with E-state index in [1.54, 1.807) is 0 Å². The normalized spacial score (nSPS) is 30.3. The average Bonchev–Trinajstić information content (AvgIpc) is 3.05. The third-order valence-corrected chi connectivity index (χ3v) is 6.21. The van der Waals surface area contributed by atoms with Gasteiger partial charge in [0.25, 0.3) is 0 Å². The van der Waals surface area contributed by atoms with E-state index in [2.05, 4.69) is 13.2 Å². The van der Waals surface area contributed by atoms with Crippen molar-refractivity contribution in [3.8, 4) is 0 Å². The lowest BCUT2D eigenvalue weighted by Crippen LogP contribution is -2.28. The Hall–Kier alpha value is -2.37. The van der Waals surface area contributed by atoms with E-state index < -0.39 is 6.10 Å². The molecule has 0 aromatic heterocycles. The van der Waals surface area contributed by atoms with Gasteiger partial charge in [0.1, 0.15) is 18.8 Å². The molecule has 1 heterocycles. The molecule has 0 aromatic rings. The van der Waals surface area contributed by atoms with Crippen molar-refractivity contribution in [3.63, 3.8) is 0 Å². The third-order valence-electron chi connectivity index (χ3n) is 6.21. The van der Waals surface area contributed by atoms with E-state index in [0.29, 0.717) is 31.3 Å². The Bertz CT molecular complexity index is 761. The van der Waals surface area contributed by atoms with Gasteiger partial charge in [-0.25, -0.2) is 4.79 Å². The van der Waals surface area contributed by atoms with Crippen LogP contribution in [0.1, 0.15) is 46.5 Å². The third kappa shape index (κ3) is 3.64. The van der Waals surface area contributed by atoms with Crippen molar-refractivity contribution in [2.45, 2.75) is 58.7 Å². The van der Waals surface area contributed by atoms with Crippen LogP contribution in [-0.4, -0.2) is 36.7 Å². The molecular formula is C22H28O6. The first-order chi connectivity index (χ1) is 13.2. The van der Waals surface area contributed by atoms with Crippen LogP contribution >= 0.6 is 0 Å². The molecule has 152 valence electrons. The second kappa shape index (κ2) is 7.94. The Morgan fingerprint density at radius 1 is 1.32 bits per heavy atom. The number of rotatable bonds is 5. The van der Waals surface area contributed by atoms with Gasteiger partial charge in [0.05, 0.1) is 5.92 Å². The summed E-state index contributed by atoms with van der Waals surface area (Å²) in [6, 6.07) is 0. The van der Waals surface area contributed by atoms with Crippen LogP contribution < -0.4 is 0 Å². The molecule has 2 aliphatic carbocycles. The fourth-order valence-electron chi connectivity index (χ4n) is 4.31. The quantitative estimate of drug-likeness (QED) is 0.311. The molecule has 2 fully saturated rings. The van der Waals surface area contributed by atoms with E-state index in [1.807, 2.05) is 13.8 Å². The van der Waals surface area contributed by atoms with Gasteiger partial charge in [-0.15, -0.1) is 0 Å². The van der Waals surface area contributed by atoms with E-state index in [4.69, 9.17) is 14.2 Å². The van der Waals surface area contributed by atoms with Crippen LogP contribution in [0.4, 0.5) is 0 Å². The zero-order chi connectivity index (χ0) is 20.6. The number of hydrogen-bond donors (Lipinski definition) is 0. The van der Waals surface area contributed by atoms with Gasteiger partial charge in [0, 0.05) is 30.8 Å². The van der Waals surface area contributed by atoms with Crippen molar-refractivity contribution in [2.75, 3.05) is 6.61 Å². The zero-order valence-corrected chi connectivity index (χ0v) is 16.8. The number of ether oxygens (including phenoxy) is 3. The van der Waals surface area contributed by atoms with Crippen molar-refractivity contribution < 1.29 is 28.6 Å². The number of fused-ring (bicyclic) bond motifs is 3. The largest absolute Gasteiger partial charge is 0.461 e. The first kappa shape index (κ1) is 20.4. The van der Waals surface area contributed by atoms with Crippen LogP contribution in [0.3, 0.4) is 0 Å². The molecule has 1 aliphatic heterocycles. The molecule has 0 amide bonds. The van der Waals surface area contributed by atoms with Gasteiger partial charge in [-0.2, -0.15) is 0 Å². The lowest BCUT2D eigenvalue weighted by atomic mass is 9.84. The Morgan fingerprint density at radius 2 is 2.04 bits per heavy atom. The van der Waals surface area contributed by atoms with Crippen molar-refractivity contribution >= 4 is 17.9 Å². The maximum absolute atomic E-state index is 12.3. The van der Waals surface area contributed by atoms with Crippen LogP contribution in [0, 0.1) is 17.8 Å². The molecule has 3 aliphatic rings. The summed E-state index contributed by atoms with van der Waals surface area (Å²) in [7, 11) is 0. The number of esters is 3. The molecule has 0 aromatic carbocycles. The van der Waals surface area contributed by atoms with Crippen LogP contribution in [-0.2, 0) is 28.6 Å². The fourth-order valence-corrected chi connectivity index (χ4v) is 4.31. The van der Waals surface area contributed by atoms with Gasteiger partial charge < -0.3 is 14.2 Å². The standard InChI is InChI=1S/C22H28O6/c1-6-11(2)21(24)27-18-9-17-15(10-26-14(5)23)7-8-16-12(3)22(25)28-20(16)19(17)13(18)4/h11,16,18-20H,3-4,6-10H2,1-2,5H3/t11-,16+,18+,19+,20+/m1/s1. The summed E-state index contributed by atoms with van der Waals surface area (Å²) >= 11 is 0. The SMILES string of the molecule is C=C1[C@H]2C(=C(COC(C)=O)CC[C@H]3C(=C)C(=O)O[C@H]23)C[C@@H]1OC(=O)[C@H](C)CC. The summed E-state index contributed by atoms with van der Waals surface area (Å²) in [5, 5.41) is 0. The minimum atomic E-state index is -0.458. The smallest absolute Gasteiger partial charge is 0.334 e. The number of carbonyl (C=O) groups is 3. The zero-order valence-electron chi connectivity index (χ0n) is 16.8. The molecule has 5 atom stereocenters. The highest BCUT2D eigenvalue weighted by Gasteiger charge is 2.51. The predicted molar refractivity (Wildman–Crippen MR) is 102 cm³/mol. The first-order valence-corrected chi connectivity index (χ1v) is 9.87. The van der Waals surface area contributed by atoms with Gasteiger partial charge in [0.15, 0.2) is 0 Å². The molecular weight excluding hydrogens is 360 g/mol. The fraction of sp³-hybridized carbons (Fsp3) is 0.591. The number of carbonyl (C=O) groups excluding carboxylic acids is 3. The lowest BCUT2D eigenvalue weighted by Gasteiger charge is -2.24. The maximum Gasteiger partial charge on any atom is 0.334 e. The van der Waals surface area contributed by atoms with Gasteiger partial charge >= 0.3 is 17.9 Å². The molecule has 0 N–H and O–H groups in total. The summed E-state index contributed by atoms with van der Waals surface area (Å²) in [6.07, 6.45) is 1.73. The molecule has 0 unspecified atom stereocenters. The topological polar surface area (TPSA) is 78.9 Å². The summed E-state index contributed by atoms with van der Waals surface area (Å²) in [5.74, 6) is -1.51.